The van der Waals surface area contributed by atoms with Gasteiger partial charge >= 0.3 is 5.97 Å². The Hall–Kier alpha value is -8.58. The lowest BCUT2D eigenvalue weighted by atomic mass is 9.97. The van der Waals surface area contributed by atoms with Gasteiger partial charge in [0.2, 0.25) is 5.78 Å². The molecule has 1 heterocycles. The van der Waals surface area contributed by atoms with Crippen LogP contribution in [0.1, 0.15) is 78.2 Å². The highest BCUT2D eigenvalue weighted by Crippen LogP contribution is 2.39. The number of esters is 1. The van der Waals surface area contributed by atoms with Gasteiger partial charge in [-0.15, -0.1) is 15.0 Å². The number of aromatic nitrogens is 4. The summed E-state index contributed by atoms with van der Waals surface area (Å²) in [6, 6.07) is 53.0. The molecule has 1 amide bonds. The predicted octanol–water partition coefficient (Wildman–Crippen LogP) is 9.72. The zero-order chi connectivity index (χ0) is 46.5. The lowest BCUT2D eigenvalue weighted by Gasteiger charge is -2.23. The number of benzene rings is 7. The number of nitrogens with one attached hydrogen (secondary N) is 1. The van der Waals surface area contributed by atoms with E-state index >= 15 is 4.79 Å². The number of nitrogens with zero attached hydrogens (tertiary/aromatic N) is 4. The fraction of sp³-hybridized carbons (Fsp3) is 0.164. The Kier molecular flexibility index (Phi) is 14.2. The molecular formula is C55H47N5O8. The van der Waals surface area contributed by atoms with Crippen molar-refractivity contribution in [3.05, 3.63) is 227 Å². The molecule has 0 bridgehead atoms. The van der Waals surface area contributed by atoms with Crippen LogP contribution in [-0.4, -0.2) is 50.0 Å². The summed E-state index contributed by atoms with van der Waals surface area (Å²) in [4.78, 5) is 44.7. The molecule has 13 heteroatoms. The maximum atomic E-state index is 15.5. The molecule has 7 aromatic carbocycles. The van der Waals surface area contributed by atoms with Crippen LogP contribution < -0.4 is 24.3 Å². The molecule has 1 aliphatic carbocycles. The first-order valence-electron chi connectivity index (χ1n) is 22.3. The molecule has 0 aliphatic heterocycles. The first kappa shape index (κ1) is 44.6. The third kappa shape index (κ3) is 11.1. The van der Waals surface area contributed by atoms with Crippen molar-refractivity contribution in [3.8, 4) is 28.7 Å². The number of amides is 1. The quantitative estimate of drug-likeness (QED) is 0.0610. The van der Waals surface area contributed by atoms with Gasteiger partial charge in [-0.25, -0.2) is 4.79 Å². The molecule has 340 valence electrons. The van der Waals surface area contributed by atoms with Crippen molar-refractivity contribution >= 4 is 17.7 Å². The number of tetrazole rings is 1. The van der Waals surface area contributed by atoms with Gasteiger partial charge in [0.25, 0.3) is 5.91 Å². The van der Waals surface area contributed by atoms with Crippen molar-refractivity contribution in [2.45, 2.75) is 57.8 Å². The Morgan fingerprint density at radius 3 is 1.60 bits per heavy atom. The van der Waals surface area contributed by atoms with Gasteiger partial charge in [0.1, 0.15) is 66.8 Å². The number of hydrogen-bond donors (Lipinski definition) is 1. The van der Waals surface area contributed by atoms with Crippen molar-refractivity contribution in [2.75, 3.05) is 0 Å². The zero-order valence-electron chi connectivity index (χ0n) is 37.0. The largest absolute Gasteiger partial charge is 0.489 e. The molecule has 9 rings (SSSR count). The van der Waals surface area contributed by atoms with Crippen molar-refractivity contribution in [1.29, 1.82) is 0 Å². The highest BCUT2D eigenvalue weighted by molar-refractivity contribution is 6.16. The highest BCUT2D eigenvalue weighted by atomic mass is 16.5. The Balaban J connectivity index is 1.03. The number of ether oxygens (including phenoxy) is 5. The molecule has 8 aromatic rings. The summed E-state index contributed by atoms with van der Waals surface area (Å²) in [5.74, 6) is -0.486. The second-order valence-corrected chi connectivity index (χ2v) is 16.1. The number of carbonyl (C=O) groups excluding carboxylic acids is 3. The molecule has 2 atom stereocenters. The number of carbonyl (C=O) groups is 3. The second kappa shape index (κ2) is 21.6. The summed E-state index contributed by atoms with van der Waals surface area (Å²) < 4.78 is 31.5. The Morgan fingerprint density at radius 1 is 0.544 bits per heavy atom. The maximum Gasteiger partial charge on any atom is 0.338 e. The molecule has 1 aromatic heterocycles. The van der Waals surface area contributed by atoms with Crippen molar-refractivity contribution in [2.24, 2.45) is 0 Å². The molecule has 1 fully saturated rings. The van der Waals surface area contributed by atoms with Gasteiger partial charge < -0.3 is 29.0 Å². The fourth-order valence-corrected chi connectivity index (χ4v) is 7.94. The molecule has 68 heavy (non-hydrogen) atoms. The van der Waals surface area contributed by atoms with E-state index in [2.05, 4.69) is 20.7 Å². The minimum atomic E-state index is -0.678. The van der Waals surface area contributed by atoms with E-state index in [1.165, 1.54) is 23.3 Å². The van der Waals surface area contributed by atoms with Gasteiger partial charge in [-0.2, -0.15) is 0 Å². The van der Waals surface area contributed by atoms with Gasteiger partial charge in [0.15, 0.2) is 6.33 Å². The number of hydrogen-bond acceptors (Lipinski definition) is 11. The van der Waals surface area contributed by atoms with Crippen molar-refractivity contribution in [1.82, 2.24) is 25.5 Å². The molecule has 0 radical (unpaired) electrons. The number of ketones is 1. The first-order valence-corrected chi connectivity index (χ1v) is 22.3. The van der Waals surface area contributed by atoms with Crippen LogP contribution in [0.2, 0.25) is 0 Å². The SMILES string of the molecule is O=C(N[C@@H]1CCC[C@H]1OC(=O)c1cc(OCc2ccccc2)c(C(=O)c2c(OCc3ccccc3)cccc2-n2ncnn2)c(OCc2ccccc2)c1)c1ccc(OCc2ccccc2)cc1. The van der Waals surface area contributed by atoms with Crippen LogP contribution in [0.3, 0.4) is 0 Å². The fourth-order valence-electron chi connectivity index (χ4n) is 7.94. The normalized spacial score (nSPS) is 14.1. The lowest BCUT2D eigenvalue weighted by molar-refractivity contribution is 0.0249. The predicted molar refractivity (Wildman–Crippen MR) is 253 cm³/mol. The van der Waals surface area contributed by atoms with Crippen LogP contribution in [0.25, 0.3) is 5.69 Å². The minimum Gasteiger partial charge on any atom is -0.489 e. The zero-order valence-corrected chi connectivity index (χ0v) is 37.0. The second-order valence-electron chi connectivity index (χ2n) is 16.1. The topological polar surface area (TPSA) is 153 Å². The van der Waals surface area contributed by atoms with Gasteiger partial charge in [0.05, 0.1) is 17.2 Å². The molecule has 1 N–H and O–H groups in total. The van der Waals surface area contributed by atoms with E-state index in [0.717, 1.165) is 28.7 Å². The summed E-state index contributed by atoms with van der Waals surface area (Å²) in [6.45, 7) is 0.674. The standard InChI is InChI=1S/C55H47N5O8/c61-53(51-46(60-57-37-56-59-60)24-14-26-48(51)65-34-39-17-7-2-8-18-39)52-49(66-35-40-19-9-3-10-20-40)31-43(32-50(52)67-36-41-21-11-4-12-22-41)55(63)68-47-25-13-23-45(47)58-54(62)42-27-29-44(30-28-42)64-33-38-15-5-1-6-16-38/h1-12,14-22,24,26-32,37,45,47H,13,23,25,33-36H2,(H,58,62)/t45-,47-/m1/s1. The van der Waals surface area contributed by atoms with Gasteiger partial charge in [-0.1, -0.05) is 127 Å². The highest BCUT2D eigenvalue weighted by Gasteiger charge is 2.34. The number of rotatable bonds is 19. The van der Waals surface area contributed by atoms with Crippen LogP contribution in [-0.2, 0) is 31.2 Å². The first-order chi connectivity index (χ1) is 33.4. The average molecular weight is 906 g/mol. The van der Waals surface area contributed by atoms with E-state index in [1.54, 1.807) is 42.5 Å². The van der Waals surface area contributed by atoms with Crippen LogP contribution in [0.15, 0.2) is 182 Å². The molecule has 0 saturated heterocycles. The van der Waals surface area contributed by atoms with Crippen LogP contribution >= 0.6 is 0 Å². The monoisotopic (exact) mass is 905 g/mol. The van der Waals surface area contributed by atoms with Crippen LogP contribution in [0, 0.1) is 0 Å². The van der Waals surface area contributed by atoms with Gasteiger partial charge in [0, 0.05) is 5.56 Å². The van der Waals surface area contributed by atoms with E-state index in [4.69, 9.17) is 23.7 Å². The third-order valence-electron chi connectivity index (χ3n) is 11.4. The summed E-state index contributed by atoms with van der Waals surface area (Å²) in [7, 11) is 0. The molecule has 1 aliphatic rings. The Morgan fingerprint density at radius 2 is 1.07 bits per heavy atom. The molecule has 0 unspecified atom stereocenters. The van der Waals surface area contributed by atoms with E-state index in [0.29, 0.717) is 36.4 Å². The van der Waals surface area contributed by atoms with Crippen LogP contribution in [0.4, 0.5) is 0 Å². The Labute approximate surface area is 393 Å². The van der Waals surface area contributed by atoms with Crippen molar-refractivity contribution in [3.63, 3.8) is 0 Å². The van der Waals surface area contributed by atoms with Crippen LogP contribution in [0.5, 0.6) is 23.0 Å². The summed E-state index contributed by atoms with van der Waals surface area (Å²) in [5.41, 5.74) is 4.55. The lowest BCUT2D eigenvalue weighted by Crippen LogP contribution is -2.42. The van der Waals surface area contributed by atoms with Gasteiger partial charge in [-0.3, -0.25) is 9.59 Å². The van der Waals surface area contributed by atoms with E-state index in [1.807, 2.05) is 121 Å². The smallest absolute Gasteiger partial charge is 0.338 e. The third-order valence-corrected chi connectivity index (χ3v) is 11.4. The molecule has 0 spiro atoms. The summed E-state index contributed by atoms with van der Waals surface area (Å²) >= 11 is 0. The van der Waals surface area contributed by atoms with E-state index in [-0.39, 0.29) is 59.7 Å². The van der Waals surface area contributed by atoms with Gasteiger partial charge in [-0.05, 0) is 95.3 Å². The Bertz CT molecular complexity index is 2870. The average Bonchev–Trinajstić information content (AvgIpc) is 4.10. The summed E-state index contributed by atoms with van der Waals surface area (Å²) in [6.07, 6.45) is 2.52. The molecular weight excluding hydrogens is 859 g/mol. The van der Waals surface area contributed by atoms with Crippen molar-refractivity contribution < 1.29 is 38.1 Å². The molecule has 13 nitrogen and oxygen atoms in total. The molecule has 1 saturated carbocycles. The maximum absolute atomic E-state index is 15.5. The van der Waals surface area contributed by atoms with E-state index < -0.39 is 23.9 Å². The minimum absolute atomic E-state index is 0.0352. The van der Waals surface area contributed by atoms with E-state index in [9.17, 15) is 9.59 Å². The summed E-state index contributed by atoms with van der Waals surface area (Å²) in [5, 5.41) is 15.4.